The molecule has 0 aromatic heterocycles. The minimum absolute atomic E-state index is 0.326. The van der Waals surface area contributed by atoms with Crippen LogP contribution in [-0.2, 0) is 4.74 Å². The Morgan fingerprint density at radius 3 is 2.54 bits per heavy atom. The van der Waals surface area contributed by atoms with Gasteiger partial charge in [0.15, 0.2) is 0 Å². The Bertz CT molecular complexity index is 175. The summed E-state index contributed by atoms with van der Waals surface area (Å²) in [5.41, 5.74) is 1.17. The normalized spacial score (nSPS) is 21.2. The standard InChI is InChI=1S/C11H21NO/c1-5-13-11(9-6-7-9)10(12-4)8(2)3/h9-12H,2,5-7H2,1,3-4H3. The Morgan fingerprint density at radius 2 is 2.23 bits per heavy atom. The average molecular weight is 183 g/mol. The molecule has 2 atom stereocenters. The fourth-order valence-corrected chi connectivity index (χ4v) is 1.81. The molecule has 0 amide bonds. The lowest BCUT2D eigenvalue weighted by atomic mass is 10.0. The topological polar surface area (TPSA) is 21.3 Å². The van der Waals surface area contributed by atoms with Crippen molar-refractivity contribution in [3.63, 3.8) is 0 Å². The summed E-state index contributed by atoms with van der Waals surface area (Å²) in [6, 6.07) is 0.326. The largest absolute Gasteiger partial charge is 0.376 e. The van der Waals surface area contributed by atoms with Gasteiger partial charge in [-0.25, -0.2) is 0 Å². The summed E-state index contributed by atoms with van der Waals surface area (Å²) in [6.07, 6.45) is 2.97. The van der Waals surface area contributed by atoms with E-state index in [-0.39, 0.29) is 0 Å². The van der Waals surface area contributed by atoms with Gasteiger partial charge in [0.1, 0.15) is 0 Å². The van der Waals surface area contributed by atoms with Gasteiger partial charge in [-0.05, 0) is 39.7 Å². The first-order chi connectivity index (χ1) is 6.20. The lowest BCUT2D eigenvalue weighted by molar-refractivity contribution is 0.0297. The third-order valence-corrected chi connectivity index (χ3v) is 2.62. The van der Waals surface area contributed by atoms with E-state index < -0.39 is 0 Å². The second-order valence-corrected chi connectivity index (χ2v) is 3.87. The summed E-state index contributed by atoms with van der Waals surface area (Å²) in [5.74, 6) is 0.758. The second kappa shape index (κ2) is 4.77. The Morgan fingerprint density at radius 1 is 1.62 bits per heavy atom. The fourth-order valence-electron chi connectivity index (χ4n) is 1.81. The van der Waals surface area contributed by atoms with Gasteiger partial charge in [0.05, 0.1) is 12.1 Å². The maximum absolute atomic E-state index is 5.76. The highest BCUT2D eigenvalue weighted by atomic mass is 16.5. The quantitative estimate of drug-likeness (QED) is 0.636. The second-order valence-electron chi connectivity index (χ2n) is 3.87. The van der Waals surface area contributed by atoms with Gasteiger partial charge in [-0.3, -0.25) is 0 Å². The zero-order chi connectivity index (χ0) is 9.84. The Kier molecular flexibility index (Phi) is 3.94. The monoisotopic (exact) mass is 183 g/mol. The fraction of sp³-hybridized carbons (Fsp3) is 0.818. The summed E-state index contributed by atoms with van der Waals surface area (Å²) in [5, 5.41) is 3.28. The third-order valence-electron chi connectivity index (χ3n) is 2.62. The van der Waals surface area contributed by atoms with E-state index in [0.717, 1.165) is 12.5 Å². The van der Waals surface area contributed by atoms with Gasteiger partial charge in [0.25, 0.3) is 0 Å². The predicted molar refractivity (Wildman–Crippen MR) is 55.8 cm³/mol. The highest BCUT2D eigenvalue weighted by Gasteiger charge is 2.36. The first kappa shape index (κ1) is 10.7. The van der Waals surface area contributed by atoms with Crippen molar-refractivity contribution in [2.75, 3.05) is 13.7 Å². The maximum atomic E-state index is 5.76. The highest BCUT2D eigenvalue weighted by molar-refractivity contribution is 5.08. The zero-order valence-electron chi connectivity index (χ0n) is 8.97. The summed E-state index contributed by atoms with van der Waals surface area (Å²) in [6.45, 7) is 8.92. The molecule has 76 valence electrons. The van der Waals surface area contributed by atoms with Crippen molar-refractivity contribution in [2.24, 2.45) is 5.92 Å². The molecule has 0 aliphatic heterocycles. The van der Waals surface area contributed by atoms with E-state index in [0.29, 0.717) is 12.1 Å². The van der Waals surface area contributed by atoms with Crippen molar-refractivity contribution in [1.29, 1.82) is 0 Å². The van der Waals surface area contributed by atoms with Crippen LogP contribution in [0.1, 0.15) is 26.7 Å². The Balaban J connectivity index is 2.54. The van der Waals surface area contributed by atoms with E-state index in [4.69, 9.17) is 4.74 Å². The van der Waals surface area contributed by atoms with Gasteiger partial charge in [-0.15, -0.1) is 0 Å². The molecule has 0 bridgehead atoms. The molecule has 2 nitrogen and oxygen atoms in total. The summed E-state index contributed by atoms with van der Waals surface area (Å²) in [7, 11) is 1.98. The molecule has 1 aliphatic rings. The molecule has 0 aromatic carbocycles. The predicted octanol–water partition coefficient (Wildman–Crippen LogP) is 1.97. The van der Waals surface area contributed by atoms with Gasteiger partial charge in [0, 0.05) is 6.61 Å². The van der Waals surface area contributed by atoms with Gasteiger partial charge in [-0.2, -0.15) is 0 Å². The van der Waals surface area contributed by atoms with Gasteiger partial charge < -0.3 is 10.1 Å². The summed E-state index contributed by atoms with van der Waals surface area (Å²) < 4.78 is 5.76. The molecule has 13 heavy (non-hydrogen) atoms. The van der Waals surface area contributed by atoms with Crippen LogP contribution in [-0.4, -0.2) is 25.8 Å². The van der Waals surface area contributed by atoms with Crippen LogP contribution in [0.3, 0.4) is 0 Å². The minimum atomic E-state index is 0.326. The number of hydrogen-bond acceptors (Lipinski definition) is 2. The number of likely N-dealkylation sites (N-methyl/N-ethyl adjacent to an activating group) is 1. The van der Waals surface area contributed by atoms with E-state index in [9.17, 15) is 0 Å². The third kappa shape index (κ3) is 2.82. The van der Waals surface area contributed by atoms with Crippen molar-refractivity contribution in [2.45, 2.75) is 38.8 Å². The molecule has 0 aromatic rings. The number of hydrogen-bond donors (Lipinski definition) is 1. The highest BCUT2D eigenvalue weighted by Crippen LogP contribution is 2.36. The van der Waals surface area contributed by atoms with Crippen LogP contribution in [0.2, 0.25) is 0 Å². The molecule has 1 fully saturated rings. The molecule has 0 saturated heterocycles. The number of rotatable bonds is 6. The van der Waals surface area contributed by atoms with Crippen LogP contribution in [0.25, 0.3) is 0 Å². The van der Waals surface area contributed by atoms with E-state index >= 15 is 0 Å². The lowest BCUT2D eigenvalue weighted by Crippen LogP contribution is -2.41. The van der Waals surface area contributed by atoms with Crippen molar-refractivity contribution in [3.05, 3.63) is 12.2 Å². The minimum Gasteiger partial charge on any atom is -0.376 e. The first-order valence-electron chi connectivity index (χ1n) is 5.15. The van der Waals surface area contributed by atoms with Crippen LogP contribution in [0.5, 0.6) is 0 Å². The lowest BCUT2D eigenvalue weighted by Gasteiger charge is -2.27. The molecule has 0 spiro atoms. The summed E-state index contributed by atoms with van der Waals surface area (Å²) in [4.78, 5) is 0. The molecule has 2 heteroatoms. The Hall–Kier alpha value is -0.340. The van der Waals surface area contributed by atoms with Gasteiger partial charge in [-0.1, -0.05) is 12.2 Å². The van der Waals surface area contributed by atoms with Crippen LogP contribution in [0.4, 0.5) is 0 Å². The SMILES string of the molecule is C=C(C)C(NC)C(OCC)C1CC1. The molecule has 2 unspecified atom stereocenters. The zero-order valence-corrected chi connectivity index (χ0v) is 8.97. The maximum Gasteiger partial charge on any atom is 0.0794 e. The summed E-state index contributed by atoms with van der Waals surface area (Å²) >= 11 is 0. The molecular weight excluding hydrogens is 162 g/mol. The number of nitrogens with one attached hydrogen (secondary N) is 1. The van der Waals surface area contributed by atoms with Gasteiger partial charge >= 0.3 is 0 Å². The van der Waals surface area contributed by atoms with E-state index in [1.54, 1.807) is 0 Å². The van der Waals surface area contributed by atoms with Crippen LogP contribution >= 0.6 is 0 Å². The van der Waals surface area contributed by atoms with Crippen LogP contribution < -0.4 is 5.32 Å². The molecule has 0 radical (unpaired) electrons. The van der Waals surface area contributed by atoms with Crippen molar-refractivity contribution < 1.29 is 4.74 Å². The van der Waals surface area contributed by atoms with Crippen molar-refractivity contribution in [1.82, 2.24) is 5.32 Å². The molecule has 1 saturated carbocycles. The van der Waals surface area contributed by atoms with E-state index in [2.05, 4.69) is 25.7 Å². The molecule has 0 heterocycles. The van der Waals surface area contributed by atoms with Crippen LogP contribution in [0, 0.1) is 5.92 Å². The van der Waals surface area contributed by atoms with E-state index in [1.165, 1.54) is 18.4 Å². The number of ether oxygens (including phenoxy) is 1. The average Bonchev–Trinajstić information content (AvgIpc) is 2.86. The van der Waals surface area contributed by atoms with Crippen molar-refractivity contribution >= 4 is 0 Å². The van der Waals surface area contributed by atoms with Gasteiger partial charge in [0.2, 0.25) is 0 Å². The smallest absolute Gasteiger partial charge is 0.0794 e. The van der Waals surface area contributed by atoms with Crippen LogP contribution in [0.15, 0.2) is 12.2 Å². The van der Waals surface area contributed by atoms with Crippen molar-refractivity contribution in [3.8, 4) is 0 Å². The molecule has 1 aliphatic carbocycles. The van der Waals surface area contributed by atoms with E-state index in [1.807, 2.05) is 7.05 Å². The molecule has 1 rings (SSSR count). The first-order valence-corrected chi connectivity index (χ1v) is 5.15. The molecule has 1 N–H and O–H groups in total. The molecular formula is C11H21NO. The Labute approximate surface area is 81.4 Å².